The zero-order valence-corrected chi connectivity index (χ0v) is 11.7. The normalized spacial score (nSPS) is 24.5. The van der Waals surface area contributed by atoms with Crippen molar-refractivity contribution in [3.8, 4) is 6.07 Å². The molecule has 1 rings (SSSR count). The summed E-state index contributed by atoms with van der Waals surface area (Å²) < 4.78 is 5.16. The van der Waals surface area contributed by atoms with Gasteiger partial charge >= 0.3 is 0 Å². The van der Waals surface area contributed by atoms with Gasteiger partial charge in [0.05, 0.1) is 18.8 Å². The van der Waals surface area contributed by atoms with E-state index in [1.165, 1.54) is 0 Å². The van der Waals surface area contributed by atoms with E-state index in [1.807, 2.05) is 6.08 Å². The highest BCUT2D eigenvalue weighted by atomic mass is 16.5. The van der Waals surface area contributed by atoms with Gasteiger partial charge in [0.1, 0.15) is 12.0 Å². The van der Waals surface area contributed by atoms with E-state index in [0.29, 0.717) is 17.3 Å². The lowest BCUT2D eigenvalue weighted by Gasteiger charge is -2.25. The van der Waals surface area contributed by atoms with Crippen LogP contribution in [0.2, 0.25) is 0 Å². The first-order valence-electron chi connectivity index (χ1n) is 6.59. The summed E-state index contributed by atoms with van der Waals surface area (Å²) in [5, 5.41) is 8.83. The quantitative estimate of drug-likeness (QED) is 0.328. The lowest BCUT2D eigenvalue weighted by atomic mass is 9.79. The second-order valence-electron chi connectivity index (χ2n) is 4.96. The number of allylic oxidation sites excluding steroid dienone is 4. The lowest BCUT2D eigenvalue weighted by molar-refractivity contribution is -0.112. The largest absolute Gasteiger partial charge is 0.496 e. The van der Waals surface area contributed by atoms with Gasteiger partial charge in [-0.2, -0.15) is 5.26 Å². The van der Waals surface area contributed by atoms with Crippen LogP contribution in [0.1, 0.15) is 32.6 Å². The third-order valence-electron chi connectivity index (χ3n) is 3.69. The van der Waals surface area contributed by atoms with Crippen LogP contribution in [0, 0.1) is 23.2 Å². The summed E-state index contributed by atoms with van der Waals surface area (Å²) in [6, 6.07) is 2.07. The van der Waals surface area contributed by atoms with Gasteiger partial charge in [0.25, 0.3) is 0 Å². The van der Waals surface area contributed by atoms with Crippen molar-refractivity contribution < 1.29 is 9.53 Å². The van der Waals surface area contributed by atoms with Crippen LogP contribution < -0.4 is 0 Å². The van der Waals surface area contributed by atoms with E-state index in [0.717, 1.165) is 37.5 Å². The van der Waals surface area contributed by atoms with Crippen LogP contribution in [0.3, 0.4) is 0 Å². The minimum atomic E-state index is 0.225. The summed E-state index contributed by atoms with van der Waals surface area (Å²) in [5.41, 5.74) is 1.60. The molecule has 0 unspecified atom stereocenters. The average Bonchev–Trinajstić information content (AvgIpc) is 2.47. The number of aldehydes is 1. The van der Waals surface area contributed by atoms with E-state index in [2.05, 4.69) is 12.6 Å². The molecule has 0 radical (unpaired) electrons. The molecule has 0 amide bonds. The second kappa shape index (κ2) is 7.58. The van der Waals surface area contributed by atoms with Gasteiger partial charge in [0.15, 0.2) is 0 Å². The number of hydrogen-bond acceptors (Lipinski definition) is 3. The van der Waals surface area contributed by atoms with Crippen molar-refractivity contribution in [2.24, 2.45) is 11.8 Å². The molecule has 0 aromatic rings. The Morgan fingerprint density at radius 1 is 1.32 bits per heavy atom. The van der Waals surface area contributed by atoms with Crippen LogP contribution >= 0.6 is 0 Å². The maximum absolute atomic E-state index is 10.7. The molecular weight excluding hydrogens is 238 g/mol. The van der Waals surface area contributed by atoms with Crippen LogP contribution in [0.5, 0.6) is 0 Å². The molecule has 0 aromatic carbocycles. The van der Waals surface area contributed by atoms with Gasteiger partial charge in [0.2, 0.25) is 0 Å². The molecule has 0 N–H and O–H groups in total. The predicted octanol–water partition coefficient (Wildman–Crippen LogP) is 3.55. The Bertz CT molecular complexity index is 432. The van der Waals surface area contributed by atoms with Crippen molar-refractivity contribution in [3.05, 3.63) is 35.6 Å². The first kappa shape index (κ1) is 15.2. The molecule has 0 bridgehead atoms. The highest BCUT2D eigenvalue weighted by molar-refractivity contribution is 5.53. The molecule has 1 fully saturated rings. The Hall–Kier alpha value is -1.82. The number of ether oxygens (including phenoxy) is 1. The fourth-order valence-electron chi connectivity index (χ4n) is 2.35. The Morgan fingerprint density at radius 2 is 1.95 bits per heavy atom. The molecule has 1 aliphatic rings. The van der Waals surface area contributed by atoms with E-state index in [1.54, 1.807) is 20.1 Å². The Morgan fingerprint density at radius 3 is 2.42 bits per heavy atom. The van der Waals surface area contributed by atoms with Crippen LogP contribution in [0.15, 0.2) is 35.6 Å². The number of hydrogen-bond donors (Lipinski definition) is 0. The number of methoxy groups -OCH3 is 1. The Balaban J connectivity index is 2.61. The summed E-state index contributed by atoms with van der Waals surface area (Å²) in [6.45, 7) is 5.81. The Kier molecular flexibility index (Phi) is 6.08. The van der Waals surface area contributed by atoms with Crippen molar-refractivity contribution in [3.63, 3.8) is 0 Å². The summed E-state index contributed by atoms with van der Waals surface area (Å²) >= 11 is 0. The summed E-state index contributed by atoms with van der Waals surface area (Å²) in [6.07, 6.45) is 8.71. The second-order valence-corrected chi connectivity index (χ2v) is 4.96. The molecule has 19 heavy (non-hydrogen) atoms. The molecule has 0 saturated heterocycles. The molecule has 0 aliphatic heterocycles. The highest BCUT2D eigenvalue weighted by Gasteiger charge is 2.21. The summed E-state index contributed by atoms with van der Waals surface area (Å²) in [4.78, 5) is 10.7. The van der Waals surface area contributed by atoms with Gasteiger partial charge in [-0.3, -0.25) is 0 Å². The van der Waals surface area contributed by atoms with Crippen LogP contribution in [-0.2, 0) is 9.53 Å². The Labute approximate surface area is 115 Å². The maximum atomic E-state index is 10.7. The minimum Gasteiger partial charge on any atom is -0.496 e. The predicted molar refractivity (Wildman–Crippen MR) is 75.1 cm³/mol. The minimum absolute atomic E-state index is 0.225. The topological polar surface area (TPSA) is 50.1 Å². The van der Waals surface area contributed by atoms with Gasteiger partial charge in [-0.25, -0.2) is 0 Å². The molecule has 0 heterocycles. The first-order chi connectivity index (χ1) is 9.12. The van der Waals surface area contributed by atoms with Crippen LogP contribution in [0.25, 0.3) is 0 Å². The third kappa shape index (κ3) is 4.40. The molecule has 1 aliphatic carbocycles. The van der Waals surface area contributed by atoms with Crippen LogP contribution in [-0.4, -0.2) is 13.4 Å². The van der Waals surface area contributed by atoms with Gasteiger partial charge < -0.3 is 9.53 Å². The summed E-state index contributed by atoms with van der Waals surface area (Å²) in [5.74, 6) is 1.24. The molecule has 0 atom stereocenters. The van der Waals surface area contributed by atoms with E-state index in [-0.39, 0.29) is 5.92 Å². The highest BCUT2D eigenvalue weighted by Crippen LogP contribution is 2.32. The zero-order valence-electron chi connectivity index (χ0n) is 11.7. The monoisotopic (exact) mass is 259 g/mol. The van der Waals surface area contributed by atoms with Crippen LogP contribution in [0.4, 0.5) is 0 Å². The van der Waals surface area contributed by atoms with E-state index in [4.69, 9.17) is 10.00 Å². The number of nitrogens with zero attached hydrogens (tertiary/aromatic N) is 1. The van der Waals surface area contributed by atoms with Gasteiger partial charge in [0, 0.05) is 5.92 Å². The zero-order chi connectivity index (χ0) is 14.3. The van der Waals surface area contributed by atoms with Gasteiger partial charge in [-0.05, 0) is 44.6 Å². The summed E-state index contributed by atoms with van der Waals surface area (Å²) in [7, 11) is 1.55. The average molecular weight is 259 g/mol. The molecular formula is C16H21NO2. The van der Waals surface area contributed by atoms with E-state index in [9.17, 15) is 4.79 Å². The fourth-order valence-corrected chi connectivity index (χ4v) is 2.35. The van der Waals surface area contributed by atoms with Crippen molar-refractivity contribution in [1.82, 2.24) is 0 Å². The van der Waals surface area contributed by atoms with Crippen molar-refractivity contribution in [2.45, 2.75) is 32.6 Å². The van der Waals surface area contributed by atoms with Gasteiger partial charge in [-0.1, -0.05) is 18.2 Å². The molecule has 0 spiro atoms. The number of rotatable bonds is 5. The molecule has 0 aromatic heterocycles. The SMILES string of the molecule is C=C(/C=C\C(OC)=C(/C)C#N)C1CCC(C=O)CC1. The molecule has 1 saturated carbocycles. The molecule has 3 nitrogen and oxygen atoms in total. The third-order valence-corrected chi connectivity index (χ3v) is 3.69. The smallest absolute Gasteiger partial charge is 0.132 e. The maximum Gasteiger partial charge on any atom is 0.132 e. The molecule has 102 valence electrons. The standard InChI is InChI=1S/C16H21NO2/c1-12(4-9-16(19-3)13(2)10-17)15-7-5-14(11-18)6-8-15/h4,9,11,14-15H,1,5-8H2,2-3H3/b9-4-,16-13-. The fraction of sp³-hybridized carbons (Fsp3) is 0.500. The van der Waals surface area contributed by atoms with E-state index >= 15 is 0 Å². The van der Waals surface area contributed by atoms with Crippen molar-refractivity contribution >= 4 is 6.29 Å². The number of carbonyl (C=O) groups is 1. The van der Waals surface area contributed by atoms with Crippen molar-refractivity contribution in [1.29, 1.82) is 5.26 Å². The first-order valence-corrected chi connectivity index (χ1v) is 6.59. The van der Waals surface area contributed by atoms with E-state index < -0.39 is 0 Å². The number of nitriles is 1. The lowest BCUT2D eigenvalue weighted by Crippen LogP contribution is -2.16. The number of carbonyl (C=O) groups excluding carboxylic acids is 1. The van der Waals surface area contributed by atoms with Crippen molar-refractivity contribution in [2.75, 3.05) is 7.11 Å². The van der Waals surface area contributed by atoms with Gasteiger partial charge in [-0.15, -0.1) is 0 Å². The molecule has 3 heteroatoms.